The maximum absolute atomic E-state index is 12.3. The van der Waals surface area contributed by atoms with Crippen LogP contribution in [-0.2, 0) is 16.1 Å². The quantitative estimate of drug-likeness (QED) is 0.602. The van der Waals surface area contributed by atoms with Crippen molar-refractivity contribution in [2.75, 3.05) is 26.8 Å². The van der Waals surface area contributed by atoms with Gasteiger partial charge in [-0.2, -0.15) is 0 Å². The number of likely N-dealkylation sites (tertiary alicyclic amines) is 1. The summed E-state index contributed by atoms with van der Waals surface area (Å²) < 4.78 is 12.2. The first-order valence-corrected chi connectivity index (χ1v) is 9.31. The molecule has 1 aromatic carbocycles. The summed E-state index contributed by atoms with van der Waals surface area (Å²) in [5.41, 5.74) is 0.660. The normalized spacial score (nSPS) is 14.8. The predicted molar refractivity (Wildman–Crippen MR) is 103 cm³/mol. The molecule has 0 bridgehead atoms. The summed E-state index contributed by atoms with van der Waals surface area (Å²) in [6.45, 7) is 1.34. The number of hydrogen-bond acceptors (Lipinski definition) is 5. The second-order valence-electron chi connectivity index (χ2n) is 6.81. The predicted octanol–water partition coefficient (Wildman–Crippen LogP) is 2.33. The van der Waals surface area contributed by atoms with Crippen molar-refractivity contribution in [3.05, 3.63) is 40.7 Å². The molecular formula is C20H24N2O6. The van der Waals surface area contributed by atoms with Crippen molar-refractivity contribution >= 4 is 23.0 Å². The molecule has 0 aliphatic carbocycles. The van der Waals surface area contributed by atoms with Crippen LogP contribution in [0.4, 0.5) is 4.79 Å². The van der Waals surface area contributed by atoms with Crippen LogP contribution in [-0.4, -0.2) is 53.4 Å². The molecule has 1 N–H and O–H groups in total. The molecular weight excluding hydrogens is 364 g/mol. The van der Waals surface area contributed by atoms with Crippen LogP contribution in [0, 0.1) is 5.92 Å². The molecule has 0 spiro atoms. The molecule has 2 aromatic rings. The van der Waals surface area contributed by atoms with Crippen molar-refractivity contribution in [1.29, 1.82) is 0 Å². The van der Waals surface area contributed by atoms with Gasteiger partial charge in [0.1, 0.15) is 5.75 Å². The number of methoxy groups -OCH3 is 1. The zero-order valence-electron chi connectivity index (χ0n) is 15.8. The van der Waals surface area contributed by atoms with E-state index in [2.05, 4.69) is 0 Å². The molecule has 1 amide bonds. The van der Waals surface area contributed by atoms with Crippen molar-refractivity contribution in [1.82, 2.24) is 9.47 Å². The molecule has 1 aliphatic rings. The van der Waals surface area contributed by atoms with Gasteiger partial charge in [-0.1, -0.05) is 0 Å². The molecule has 8 nitrogen and oxygen atoms in total. The fraction of sp³-hybridized carbons (Fsp3) is 0.450. The Labute approximate surface area is 162 Å². The van der Waals surface area contributed by atoms with Crippen molar-refractivity contribution in [2.45, 2.75) is 25.8 Å². The number of aromatic nitrogens is 1. The van der Waals surface area contributed by atoms with E-state index in [1.54, 1.807) is 17.7 Å². The zero-order chi connectivity index (χ0) is 20.1. The van der Waals surface area contributed by atoms with Crippen LogP contribution in [0.5, 0.6) is 5.75 Å². The van der Waals surface area contributed by atoms with E-state index in [1.165, 1.54) is 11.0 Å². The van der Waals surface area contributed by atoms with Crippen LogP contribution in [0.15, 0.2) is 35.1 Å². The lowest BCUT2D eigenvalue weighted by Crippen LogP contribution is -2.39. The van der Waals surface area contributed by atoms with E-state index >= 15 is 0 Å². The fourth-order valence-corrected chi connectivity index (χ4v) is 3.45. The number of carbonyl (C=O) groups is 2. The monoisotopic (exact) mass is 388 g/mol. The minimum atomic E-state index is -0.955. The molecule has 0 saturated carbocycles. The van der Waals surface area contributed by atoms with Crippen molar-refractivity contribution in [2.24, 2.45) is 5.92 Å². The number of ether oxygens (including phenoxy) is 2. The van der Waals surface area contributed by atoms with Crippen LogP contribution < -0.4 is 10.3 Å². The first-order valence-electron chi connectivity index (χ1n) is 9.31. The molecule has 1 aliphatic heterocycles. The third kappa shape index (κ3) is 4.44. The summed E-state index contributed by atoms with van der Waals surface area (Å²) in [7, 11) is 1.58. The minimum absolute atomic E-state index is 0.117. The van der Waals surface area contributed by atoms with E-state index in [1.807, 2.05) is 18.2 Å². The summed E-state index contributed by atoms with van der Waals surface area (Å²) in [6.07, 6.45) is 0.515. The van der Waals surface area contributed by atoms with Gasteiger partial charge in [0.2, 0.25) is 0 Å². The Balaban J connectivity index is 1.54. The van der Waals surface area contributed by atoms with E-state index in [-0.39, 0.29) is 24.1 Å². The van der Waals surface area contributed by atoms with E-state index in [0.29, 0.717) is 44.6 Å². The third-order valence-electron chi connectivity index (χ3n) is 5.07. The number of carboxylic acid groups (broad SMARTS) is 1. The molecule has 28 heavy (non-hydrogen) atoms. The van der Waals surface area contributed by atoms with E-state index in [4.69, 9.17) is 14.6 Å². The lowest BCUT2D eigenvalue weighted by Gasteiger charge is -2.28. The average molecular weight is 388 g/mol. The standard InChI is InChI=1S/C20H24N2O6/c1-27-16-5-3-14-4-6-18(23)22(17(14)13-16)9-2-12-28-19(24)15-7-10-21(11-8-15)20(25)26/h3-6,13,15H,2,7-12H2,1H3,(H,25,26). The summed E-state index contributed by atoms with van der Waals surface area (Å²) in [5.74, 6) is 0.114. The number of aryl methyl sites for hydroxylation is 1. The van der Waals surface area contributed by atoms with E-state index < -0.39 is 6.09 Å². The second kappa shape index (κ2) is 8.77. The van der Waals surface area contributed by atoms with Crippen molar-refractivity contribution < 1.29 is 24.2 Å². The maximum atomic E-state index is 12.3. The summed E-state index contributed by atoms with van der Waals surface area (Å²) in [6, 6.07) is 8.86. The molecule has 0 radical (unpaired) electrons. The molecule has 1 aromatic heterocycles. The van der Waals surface area contributed by atoms with Gasteiger partial charge in [-0.25, -0.2) is 4.79 Å². The van der Waals surface area contributed by atoms with Crippen LogP contribution in [0.2, 0.25) is 0 Å². The summed E-state index contributed by atoms with van der Waals surface area (Å²) in [4.78, 5) is 36.7. The van der Waals surface area contributed by atoms with Gasteiger partial charge >= 0.3 is 12.1 Å². The number of pyridine rings is 1. The minimum Gasteiger partial charge on any atom is -0.497 e. The molecule has 8 heteroatoms. The maximum Gasteiger partial charge on any atom is 0.407 e. The van der Waals surface area contributed by atoms with Gasteiger partial charge in [0.25, 0.3) is 5.56 Å². The number of rotatable bonds is 6. The number of esters is 1. The number of amides is 1. The Bertz CT molecular complexity index is 915. The molecule has 3 rings (SSSR count). The largest absolute Gasteiger partial charge is 0.497 e. The Hall–Kier alpha value is -3.03. The summed E-state index contributed by atoms with van der Waals surface area (Å²) in [5, 5.41) is 9.88. The number of carbonyl (C=O) groups excluding carboxylic acids is 1. The van der Waals surface area contributed by atoms with Gasteiger partial charge in [-0.3, -0.25) is 9.59 Å². The Morgan fingerprint density at radius 2 is 1.89 bits per heavy atom. The van der Waals surface area contributed by atoms with Crippen molar-refractivity contribution in [3.63, 3.8) is 0 Å². The zero-order valence-corrected chi connectivity index (χ0v) is 15.8. The SMILES string of the molecule is COc1ccc2ccc(=O)n(CCCOC(=O)C3CCN(C(=O)O)CC3)c2c1. The molecule has 0 atom stereocenters. The first-order chi connectivity index (χ1) is 13.5. The van der Waals surface area contributed by atoms with E-state index in [0.717, 1.165) is 10.9 Å². The Morgan fingerprint density at radius 1 is 1.18 bits per heavy atom. The lowest BCUT2D eigenvalue weighted by molar-refractivity contribution is -0.150. The van der Waals surface area contributed by atoms with Crippen LogP contribution >= 0.6 is 0 Å². The number of benzene rings is 1. The third-order valence-corrected chi connectivity index (χ3v) is 5.07. The Morgan fingerprint density at radius 3 is 2.57 bits per heavy atom. The van der Waals surface area contributed by atoms with Crippen molar-refractivity contribution in [3.8, 4) is 5.75 Å². The highest BCUT2D eigenvalue weighted by Gasteiger charge is 2.28. The fourth-order valence-electron chi connectivity index (χ4n) is 3.45. The van der Waals surface area contributed by atoms with Gasteiger partial charge in [0.15, 0.2) is 0 Å². The number of hydrogen-bond donors (Lipinski definition) is 1. The highest BCUT2D eigenvalue weighted by atomic mass is 16.5. The highest BCUT2D eigenvalue weighted by Crippen LogP contribution is 2.20. The van der Waals surface area contributed by atoms with Gasteiger partial charge in [0.05, 0.1) is 25.2 Å². The number of piperidine rings is 1. The first kappa shape index (κ1) is 19.7. The molecule has 2 heterocycles. The second-order valence-corrected chi connectivity index (χ2v) is 6.81. The molecule has 1 fully saturated rings. The number of nitrogens with zero attached hydrogens (tertiary/aromatic N) is 2. The van der Waals surface area contributed by atoms with E-state index in [9.17, 15) is 14.4 Å². The van der Waals surface area contributed by atoms with Gasteiger partial charge in [-0.05, 0) is 42.8 Å². The average Bonchev–Trinajstić information content (AvgIpc) is 2.71. The smallest absolute Gasteiger partial charge is 0.407 e. The number of fused-ring (bicyclic) bond motifs is 1. The van der Waals surface area contributed by atoms with Gasteiger partial charge in [0, 0.05) is 31.8 Å². The van der Waals surface area contributed by atoms with Crippen LogP contribution in [0.25, 0.3) is 10.9 Å². The van der Waals surface area contributed by atoms with Gasteiger partial charge in [-0.15, -0.1) is 0 Å². The summed E-state index contributed by atoms with van der Waals surface area (Å²) >= 11 is 0. The highest BCUT2D eigenvalue weighted by molar-refractivity contribution is 5.80. The molecule has 0 unspecified atom stereocenters. The lowest BCUT2D eigenvalue weighted by atomic mass is 9.97. The van der Waals surface area contributed by atoms with Gasteiger partial charge < -0.3 is 24.0 Å². The molecule has 150 valence electrons. The van der Waals surface area contributed by atoms with Crippen LogP contribution in [0.1, 0.15) is 19.3 Å². The molecule has 1 saturated heterocycles. The Kier molecular flexibility index (Phi) is 6.18. The van der Waals surface area contributed by atoms with Crippen LogP contribution in [0.3, 0.4) is 0 Å². The topological polar surface area (TPSA) is 98.1 Å².